The van der Waals surface area contributed by atoms with Gasteiger partial charge in [-0.05, 0) is 51.1 Å². The van der Waals surface area contributed by atoms with Crippen molar-refractivity contribution in [2.45, 2.75) is 27.3 Å². The highest BCUT2D eigenvalue weighted by molar-refractivity contribution is 5.98. The van der Waals surface area contributed by atoms with Crippen LogP contribution in [0.2, 0.25) is 0 Å². The molecule has 0 unspecified atom stereocenters. The molecular weight excluding hydrogens is 383 g/mol. The van der Waals surface area contributed by atoms with Gasteiger partial charge in [0.1, 0.15) is 56.5 Å². The van der Waals surface area contributed by atoms with Crippen LogP contribution < -0.4 is 9.80 Å². The summed E-state index contributed by atoms with van der Waals surface area (Å²) in [4.78, 5) is 15.8. The third kappa shape index (κ3) is 4.37. The zero-order valence-electron chi connectivity index (χ0n) is 17.8. The predicted octanol–water partition coefficient (Wildman–Crippen LogP) is 0.696. The molecule has 1 aliphatic heterocycles. The normalized spacial score (nSPS) is 19.2. The van der Waals surface area contributed by atoms with E-state index < -0.39 is 0 Å². The van der Waals surface area contributed by atoms with Crippen molar-refractivity contribution in [1.29, 1.82) is 0 Å². The van der Waals surface area contributed by atoms with Crippen LogP contribution in [-0.4, -0.2) is 48.2 Å². The second-order valence-corrected chi connectivity index (χ2v) is 8.30. The minimum Gasteiger partial charge on any atom is -0.361 e. The van der Waals surface area contributed by atoms with Gasteiger partial charge in [-0.15, -0.1) is 0 Å². The number of Topliss-reactive ketones (excluding diaryl/α,β-unsaturated/α-hetero) is 1. The highest BCUT2D eigenvalue weighted by Gasteiger charge is 2.27. The van der Waals surface area contributed by atoms with Crippen LogP contribution in [0.3, 0.4) is 0 Å². The fourth-order valence-corrected chi connectivity index (χ4v) is 4.42. The van der Waals surface area contributed by atoms with E-state index in [1.54, 1.807) is 12.1 Å². The maximum Gasteiger partial charge on any atom is 0.218 e. The van der Waals surface area contributed by atoms with Gasteiger partial charge >= 0.3 is 0 Å². The predicted molar refractivity (Wildman–Crippen MR) is 111 cm³/mol. The molecule has 3 aromatic rings. The van der Waals surface area contributed by atoms with Crippen molar-refractivity contribution < 1.29 is 23.5 Å². The summed E-state index contributed by atoms with van der Waals surface area (Å²) in [6, 6.07) is 10.3. The molecular formula is C23H29FN4O2+2. The van der Waals surface area contributed by atoms with Crippen molar-refractivity contribution >= 4 is 5.78 Å². The third-order valence-corrected chi connectivity index (χ3v) is 6.00. The molecule has 1 saturated heterocycles. The molecule has 3 heterocycles. The Hall–Kier alpha value is -2.77. The molecule has 0 aliphatic carbocycles. The molecule has 1 aliphatic rings. The zero-order valence-corrected chi connectivity index (χ0v) is 17.8. The summed E-state index contributed by atoms with van der Waals surface area (Å²) < 4.78 is 20.4. The molecule has 1 fully saturated rings. The van der Waals surface area contributed by atoms with E-state index in [4.69, 9.17) is 4.52 Å². The summed E-state index contributed by atoms with van der Waals surface area (Å²) in [5.74, 6) is 0.751. The molecule has 2 N–H and O–H groups in total. The lowest BCUT2D eigenvalue weighted by Crippen LogP contribution is -3.27. The number of ketones is 1. The minimum absolute atomic E-state index is 0.169. The number of nitrogens with zero attached hydrogens (tertiary/aromatic N) is 2. The Balaban J connectivity index is 1.38. The van der Waals surface area contributed by atoms with Crippen molar-refractivity contribution in [3.63, 3.8) is 0 Å². The van der Waals surface area contributed by atoms with E-state index in [0.29, 0.717) is 6.54 Å². The van der Waals surface area contributed by atoms with E-state index in [0.717, 1.165) is 66.8 Å². The highest BCUT2D eigenvalue weighted by atomic mass is 19.1. The lowest BCUT2D eigenvalue weighted by Gasteiger charge is -2.28. The van der Waals surface area contributed by atoms with Crippen molar-refractivity contribution in [3.05, 3.63) is 70.6 Å². The number of carbonyl (C=O) groups excluding carboxylic acids is 1. The Kier molecular flexibility index (Phi) is 5.83. The standard InChI is InChI=1S/C23H27FN4O2/c1-16-12-22(18(3)28(16)21-6-4-19(24)5-7-21)23(29)15-27-10-8-26(9-11-27)14-20-13-17(2)30-25-20/h4-7,12-13H,8-11,14-15H2,1-3H3/p+2. The summed E-state index contributed by atoms with van der Waals surface area (Å²) in [5.41, 5.74) is 4.52. The number of aromatic nitrogens is 2. The van der Waals surface area contributed by atoms with Gasteiger partial charge in [0.05, 0.1) is 0 Å². The largest absolute Gasteiger partial charge is 0.361 e. The van der Waals surface area contributed by atoms with Gasteiger partial charge in [0.2, 0.25) is 5.78 Å². The highest BCUT2D eigenvalue weighted by Crippen LogP contribution is 2.21. The van der Waals surface area contributed by atoms with Gasteiger partial charge in [-0.25, -0.2) is 4.39 Å². The smallest absolute Gasteiger partial charge is 0.218 e. The van der Waals surface area contributed by atoms with Gasteiger partial charge in [-0.2, -0.15) is 0 Å². The van der Waals surface area contributed by atoms with Crippen molar-refractivity contribution in [2.24, 2.45) is 0 Å². The number of hydrogen-bond acceptors (Lipinski definition) is 3. The second kappa shape index (κ2) is 8.53. The molecule has 2 aromatic heterocycles. The molecule has 6 nitrogen and oxygen atoms in total. The number of rotatable bonds is 6. The van der Waals surface area contributed by atoms with Gasteiger partial charge in [0.25, 0.3) is 0 Å². The number of benzene rings is 1. The fraction of sp³-hybridized carbons (Fsp3) is 0.391. The molecule has 0 atom stereocenters. The third-order valence-electron chi connectivity index (χ3n) is 6.00. The average molecular weight is 413 g/mol. The number of carbonyl (C=O) groups is 1. The molecule has 0 bridgehead atoms. The minimum atomic E-state index is -0.263. The summed E-state index contributed by atoms with van der Waals surface area (Å²) in [7, 11) is 0. The van der Waals surface area contributed by atoms with Crippen molar-refractivity contribution in [3.8, 4) is 5.69 Å². The molecule has 0 saturated carbocycles. The van der Waals surface area contributed by atoms with Gasteiger partial charge in [-0.1, -0.05) is 5.16 Å². The molecule has 7 heteroatoms. The number of hydrogen-bond donors (Lipinski definition) is 2. The molecule has 30 heavy (non-hydrogen) atoms. The molecule has 0 spiro atoms. The number of quaternary nitrogens is 2. The first kappa shape index (κ1) is 20.5. The van der Waals surface area contributed by atoms with Crippen LogP contribution in [0.5, 0.6) is 0 Å². The molecule has 1 aromatic carbocycles. The number of halogens is 1. The first-order valence-electron chi connectivity index (χ1n) is 10.5. The van der Waals surface area contributed by atoms with Crippen LogP contribution in [-0.2, 0) is 6.54 Å². The van der Waals surface area contributed by atoms with Crippen LogP contribution in [0.25, 0.3) is 5.69 Å². The van der Waals surface area contributed by atoms with E-state index in [-0.39, 0.29) is 11.6 Å². The topological polar surface area (TPSA) is 56.9 Å². The monoisotopic (exact) mass is 412 g/mol. The summed E-state index contributed by atoms with van der Waals surface area (Å²) in [5, 5.41) is 4.09. The lowest BCUT2D eigenvalue weighted by molar-refractivity contribution is -1.02. The Bertz CT molecular complexity index is 1030. The molecule has 4 rings (SSSR count). The Morgan fingerprint density at radius 2 is 1.73 bits per heavy atom. The fourth-order valence-electron chi connectivity index (χ4n) is 4.42. The van der Waals surface area contributed by atoms with E-state index >= 15 is 0 Å². The van der Waals surface area contributed by atoms with Crippen LogP contribution in [0.4, 0.5) is 4.39 Å². The van der Waals surface area contributed by atoms with Crippen LogP contribution in [0.1, 0.15) is 33.2 Å². The van der Waals surface area contributed by atoms with E-state index in [1.807, 2.05) is 37.5 Å². The van der Waals surface area contributed by atoms with Gasteiger partial charge in [-0.3, -0.25) is 4.79 Å². The first-order chi connectivity index (χ1) is 14.4. The van der Waals surface area contributed by atoms with Gasteiger partial charge in [0.15, 0.2) is 0 Å². The molecule has 0 amide bonds. The van der Waals surface area contributed by atoms with Crippen molar-refractivity contribution in [2.75, 3.05) is 32.7 Å². The zero-order chi connectivity index (χ0) is 21.3. The van der Waals surface area contributed by atoms with E-state index in [2.05, 4.69) is 5.16 Å². The SMILES string of the molecule is Cc1cc(C[NH+]2CC[NH+](CC(=O)c3cc(C)n(-c4ccc(F)cc4)c3C)CC2)no1. The Labute approximate surface area is 175 Å². The number of aryl methyl sites for hydroxylation is 2. The van der Waals surface area contributed by atoms with Gasteiger partial charge in [0, 0.05) is 28.7 Å². The summed E-state index contributed by atoms with van der Waals surface area (Å²) in [6.45, 7) is 11.2. The van der Waals surface area contributed by atoms with Crippen molar-refractivity contribution in [1.82, 2.24) is 9.72 Å². The second-order valence-electron chi connectivity index (χ2n) is 8.30. The Morgan fingerprint density at radius 1 is 1.07 bits per heavy atom. The summed E-state index contributed by atoms with van der Waals surface area (Å²) in [6.07, 6.45) is 0. The molecule has 0 radical (unpaired) electrons. The average Bonchev–Trinajstić information content (AvgIpc) is 3.26. The van der Waals surface area contributed by atoms with Crippen LogP contribution in [0, 0.1) is 26.6 Å². The number of nitrogens with one attached hydrogen (secondary N) is 2. The van der Waals surface area contributed by atoms with E-state index in [1.165, 1.54) is 21.9 Å². The van der Waals surface area contributed by atoms with Gasteiger partial charge < -0.3 is 18.9 Å². The maximum atomic E-state index is 13.3. The van der Waals surface area contributed by atoms with Crippen LogP contribution >= 0.6 is 0 Å². The number of piperazine rings is 1. The maximum absolute atomic E-state index is 13.3. The van der Waals surface area contributed by atoms with Crippen LogP contribution in [0.15, 0.2) is 40.9 Å². The molecule has 158 valence electrons. The first-order valence-corrected chi connectivity index (χ1v) is 10.5. The quantitative estimate of drug-likeness (QED) is 0.586. The lowest BCUT2D eigenvalue weighted by atomic mass is 10.1. The van der Waals surface area contributed by atoms with E-state index in [9.17, 15) is 9.18 Å². The summed E-state index contributed by atoms with van der Waals surface area (Å²) >= 11 is 0. The Morgan fingerprint density at radius 3 is 2.37 bits per heavy atom.